The van der Waals surface area contributed by atoms with Crippen molar-refractivity contribution in [3.8, 4) is 11.1 Å². The van der Waals surface area contributed by atoms with E-state index in [0.29, 0.717) is 11.1 Å². The Morgan fingerprint density at radius 3 is 2.35 bits per heavy atom. The smallest absolute Gasteiger partial charge is 0.225 e. The third kappa shape index (κ3) is 2.51. The number of nitrogens with two attached hydrogens (primary N) is 1. The Kier molecular flexibility index (Phi) is 2.95. The second kappa shape index (κ2) is 4.27. The SMILES string of the molecule is NS(=O)(=O)c1ccccc1-c1cccc(F)c1. The molecule has 2 N–H and O–H groups in total. The van der Waals surface area contributed by atoms with E-state index in [1.165, 1.54) is 24.3 Å². The monoisotopic (exact) mass is 251 g/mol. The van der Waals surface area contributed by atoms with Crippen molar-refractivity contribution in [1.82, 2.24) is 0 Å². The van der Waals surface area contributed by atoms with Gasteiger partial charge in [0.15, 0.2) is 0 Å². The first-order valence-electron chi connectivity index (χ1n) is 4.86. The molecular weight excluding hydrogens is 241 g/mol. The Morgan fingerprint density at radius 2 is 1.71 bits per heavy atom. The zero-order valence-electron chi connectivity index (χ0n) is 8.80. The second-order valence-corrected chi connectivity index (χ2v) is 5.08. The lowest BCUT2D eigenvalue weighted by Crippen LogP contribution is -2.13. The fourth-order valence-electron chi connectivity index (χ4n) is 1.61. The van der Waals surface area contributed by atoms with Crippen LogP contribution in [0.5, 0.6) is 0 Å². The van der Waals surface area contributed by atoms with E-state index in [2.05, 4.69) is 0 Å². The van der Waals surface area contributed by atoms with E-state index in [9.17, 15) is 12.8 Å². The van der Waals surface area contributed by atoms with E-state index >= 15 is 0 Å². The van der Waals surface area contributed by atoms with Gasteiger partial charge in [0, 0.05) is 5.56 Å². The molecule has 2 aromatic rings. The minimum absolute atomic E-state index is 0.00870. The van der Waals surface area contributed by atoms with Crippen LogP contribution >= 0.6 is 0 Å². The van der Waals surface area contributed by atoms with Crippen LogP contribution in [-0.4, -0.2) is 8.42 Å². The van der Waals surface area contributed by atoms with Gasteiger partial charge in [0.25, 0.3) is 0 Å². The second-order valence-electron chi connectivity index (χ2n) is 3.55. The van der Waals surface area contributed by atoms with Crippen LogP contribution in [0.4, 0.5) is 4.39 Å². The first-order valence-corrected chi connectivity index (χ1v) is 6.41. The van der Waals surface area contributed by atoms with Gasteiger partial charge >= 0.3 is 0 Å². The molecule has 0 saturated carbocycles. The fourth-order valence-corrected chi connectivity index (χ4v) is 2.37. The lowest BCUT2D eigenvalue weighted by atomic mass is 10.1. The summed E-state index contributed by atoms with van der Waals surface area (Å²) < 4.78 is 35.9. The highest BCUT2D eigenvalue weighted by Crippen LogP contribution is 2.26. The van der Waals surface area contributed by atoms with Crippen molar-refractivity contribution in [2.24, 2.45) is 5.14 Å². The molecule has 0 amide bonds. The van der Waals surface area contributed by atoms with Gasteiger partial charge in [0.05, 0.1) is 4.90 Å². The van der Waals surface area contributed by atoms with Gasteiger partial charge in [0.2, 0.25) is 10.0 Å². The fraction of sp³-hybridized carbons (Fsp3) is 0. The molecule has 0 heterocycles. The van der Waals surface area contributed by atoms with E-state index in [1.54, 1.807) is 24.3 Å². The van der Waals surface area contributed by atoms with Crippen LogP contribution in [-0.2, 0) is 10.0 Å². The molecule has 0 aliphatic heterocycles. The zero-order chi connectivity index (χ0) is 12.5. The molecule has 0 spiro atoms. The Labute approximate surface area is 98.8 Å². The predicted octanol–water partition coefficient (Wildman–Crippen LogP) is 2.14. The average Bonchev–Trinajstić information content (AvgIpc) is 2.28. The Balaban J connectivity index is 2.69. The molecule has 0 aliphatic carbocycles. The average molecular weight is 251 g/mol. The maximum atomic E-state index is 13.1. The first kappa shape index (κ1) is 11.8. The normalized spacial score (nSPS) is 11.4. The van der Waals surface area contributed by atoms with E-state index in [-0.39, 0.29) is 4.90 Å². The van der Waals surface area contributed by atoms with Gasteiger partial charge < -0.3 is 0 Å². The zero-order valence-corrected chi connectivity index (χ0v) is 9.62. The quantitative estimate of drug-likeness (QED) is 0.888. The van der Waals surface area contributed by atoms with Gasteiger partial charge in [-0.1, -0.05) is 30.3 Å². The van der Waals surface area contributed by atoms with Crippen LogP contribution in [0.2, 0.25) is 0 Å². The number of rotatable bonds is 2. The van der Waals surface area contributed by atoms with Crippen molar-refractivity contribution in [3.63, 3.8) is 0 Å². The maximum absolute atomic E-state index is 13.1. The highest BCUT2D eigenvalue weighted by atomic mass is 32.2. The van der Waals surface area contributed by atoms with Crippen LogP contribution in [0.15, 0.2) is 53.4 Å². The Bertz CT molecular complexity index is 653. The van der Waals surface area contributed by atoms with Crippen molar-refractivity contribution >= 4 is 10.0 Å². The lowest BCUT2D eigenvalue weighted by molar-refractivity contribution is 0.598. The van der Waals surface area contributed by atoms with Crippen molar-refractivity contribution in [3.05, 3.63) is 54.3 Å². The van der Waals surface area contributed by atoms with Crippen molar-refractivity contribution in [2.45, 2.75) is 4.90 Å². The minimum atomic E-state index is -3.82. The maximum Gasteiger partial charge on any atom is 0.238 e. The molecule has 0 aromatic heterocycles. The summed E-state index contributed by atoms with van der Waals surface area (Å²) in [5.41, 5.74) is 0.879. The highest BCUT2D eigenvalue weighted by molar-refractivity contribution is 7.89. The van der Waals surface area contributed by atoms with E-state index < -0.39 is 15.8 Å². The van der Waals surface area contributed by atoms with E-state index in [4.69, 9.17) is 5.14 Å². The molecule has 2 rings (SSSR count). The van der Waals surface area contributed by atoms with E-state index in [1.807, 2.05) is 0 Å². The predicted molar refractivity (Wildman–Crippen MR) is 63.2 cm³/mol. The number of halogens is 1. The summed E-state index contributed by atoms with van der Waals surface area (Å²) in [4.78, 5) is -0.00870. The lowest BCUT2D eigenvalue weighted by Gasteiger charge is -2.07. The van der Waals surface area contributed by atoms with Crippen molar-refractivity contribution in [2.75, 3.05) is 0 Å². The molecule has 2 aromatic carbocycles. The number of benzene rings is 2. The third-order valence-corrected chi connectivity index (χ3v) is 3.30. The van der Waals surface area contributed by atoms with Crippen LogP contribution in [0.3, 0.4) is 0 Å². The molecule has 0 unspecified atom stereocenters. The summed E-state index contributed by atoms with van der Waals surface area (Å²) in [6.07, 6.45) is 0. The van der Waals surface area contributed by atoms with Crippen LogP contribution in [0, 0.1) is 5.82 Å². The standard InChI is InChI=1S/C12H10FNO2S/c13-10-5-3-4-9(8-10)11-6-1-2-7-12(11)17(14,15)16/h1-8H,(H2,14,15,16). The molecule has 17 heavy (non-hydrogen) atoms. The van der Waals surface area contributed by atoms with Gasteiger partial charge in [0.1, 0.15) is 5.82 Å². The summed E-state index contributed by atoms with van der Waals surface area (Å²) in [5.74, 6) is -0.424. The topological polar surface area (TPSA) is 60.2 Å². The first-order chi connectivity index (χ1) is 7.98. The highest BCUT2D eigenvalue weighted by Gasteiger charge is 2.14. The number of hydrogen-bond acceptors (Lipinski definition) is 2. The van der Waals surface area contributed by atoms with Gasteiger partial charge in [-0.2, -0.15) is 0 Å². The largest absolute Gasteiger partial charge is 0.238 e. The van der Waals surface area contributed by atoms with Gasteiger partial charge in [-0.15, -0.1) is 0 Å². The van der Waals surface area contributed by atoms with Gasteiger partial charge in [-0.25, -0.2) is 17.9 Å². The number of primary sulfonamides is 1. The molecule has 0 atom stereocenters. The summed E-state index contributed by atoms with van der Waals surface area (Å²) >= 11 is 0. The van der Waals surface area contributed by atoms with Crippen molar-refractivity contribution in [1.29, 1.82) is 0 Å². The molecule has 0 radical (unpaired) electrons. The molecule has 88 valence electrons. The van der Waals surface area contributed by atoms with Crippen LogP contribution in [0.25, 0.3) is 11.1 Å². The van der Waals surface area contributed by atoms with Crippen LogP contribution in [0.1, 0.15) is 0 Å². The summed E-state index contributed by atoms with van der Waals surface area (Å²) in [6, 6.07) is 12.0. The van der Waals surface area contributed by atoms with E-state index in [0.717, 1.165) is 0 Å². The van der Waals surface area contributed by atoms with Crippen molar-refractivity contribution < 1.29 is 12.8 Å². The summed E-state index contributed by atoms with van der Waals surface area (Å²) in [6.45, 7) is 0. The molecule has 3 nitrogen and oxygen atoms in total. The van der Waals surface area contributed by atoms with Gasteiger partial charge in [-0.05, 0) is 23.8 Å². The molecule has 0 bridgehead atoms. The Hall–Kier alpha value is -1.72. The summed E-state index contributed by atoms with van der Waals surface area (Å²) in [7, 11) is -3.82. The summed E-state index contributed by atoms with van der Waals surface area (Å²) in [5, 5.41) is 5.11. The van der Waals surface area contributed by atoms with Crippen LogP contribution < -0.4 is 5.14 Å². The molecular formula is C12H10FNO2S. The molecule has 5 heteroatoms. The molecule has 0 aliphatic rings. The molecule has 0 fully saturated rings. The minimum Gasteiger partial charge on any atom is -0.225 e. The third-order valence-electron chi connectivity index (χ3n) is 2.33. The number of hydrogen-bond donors (Lipinski definition) is 1. The molecule has 0 saturated heterocycles. The Morgan fingerprint density at radius 1 is 1.00 bits per heavy atom. The number of sulfonamides is 1. The van der Waals surface area contributed by atoms with Gasteiger partial charge in [-0.3, -0.25) is 0 Å².